The van der Waals surface area contributed by atoms with Gasteiger partial charge in [0.15, 0.2) is 4.87 Å². The summed E-state index contributed by atoms with van der Waals surface area (Å²) in [4.78, 5) is 29.9. The molecule has 1 unspecified atom stereocenters. The first kappa shape index (κ1) is 21.5. The maximum absolute atomic E-state index is 14.0. The summed E-state index contributed by atoms with van der Waals surface area (Å²) < 4.78 is 19.1. The monoisotopic (exact) mass is 462 g/mol. The van der Waals surface area contributed by atoms with E-state index in [4.69, 9.17) is 4.74 Å². The number of halogens is 1. The van der Waals surface area contributed by atoms with Gasteiger partial charge in [-0.2, -0.15) is 0 Å². The SMILES string of the molecule is COc1cccc(C(=O)N2CCSC23C(=O)N(Cc2cccc(F)c2)c2ccc(C)cc23)c1. The number of nitrogens with zero attached hydrogens (tertiary/aromatic N) is 2. The lowest BCUT2D eigenvalue weighted by Crippen LogP contribution is -2.50. The molecular weight excluding hydrogens is 439 g/mol. The van der Waals surface area contributed by atoms with Crippen LogP contribution in [-0.2, 0) is 16.2 Å². The summed E-state index contributed by atoms with van der Waals surface area (Å²) >= 11 is 1.48. The summed E-state index contributed by atoms with van der Waals surface area (Å²) in [7, 11) is 1.56. The summed E-state index contributed by atoms with van der Waals surface area (Å²) in [5.41, 5.74) is 3.74. The van der Waals surface area contributed by atoms with Crippen LogP contribution in [0.5, 0.6) is 5.75 Å². The van der Waals surface area contributed by atoms with Gasteiger partial charge in [-0.3, -0.25) is 9.59 Å². The first-order valence-electron chi connectivity index (χ1n) is 10.7. The van der Waals surface area contributed by atoms with Crippen LogP contribution in [0.2, 0.25) is 0 Å². The Morgan fingerprint density at radius 3 is 2.73 bits per heavy atom. The molecule has 5 rings (SSSR count). The fourth-order valence-electron chi connectivity index (χ4n) is 4.62. The summed E-state index contributed by atoms with van der Waals surface area (Å²) in [6, 6.07) is 19.1. The third-order valence-electron chi connectivity index (χ3n) is 6.14. The Balaban J connectivity index is 1.59. The van der Waals surface area contributed by atoms with Gasteiger partial charge < -0.3 is 14.5 Å². The normalized spacial score (nSPS) is 19.3. The van der Waals surface area contributed by atoms with E-state index in [9.17, 15) is 14.0 Å². The summed E-state index contributed by atoms with van der Waals surface area (Å²) in [6.07, 6.45) is 0. The molecule has 0 radical (unpaired) electrons. The van der Waals surface area contributed by atoms with Crippen molar-refractivity contribution in [2.75, 3.05) is 24.3 Å². The van der Waals surface area contributed by atoms with Gasteiger partial charge >= 0.3 is 0 Å². The highest BCUT2D eigenvalue weighted by molar-refractivity contribution is 8.01. The van der Waals surface area contributed by atoms with Crippen molar-refractivity contribution in [1.29, 1.82) is 0 Å². The van der Waals surface area contributed by atoms with Crippen molar-refractivity contribution < 1.29 is 18.7 Å². The van der Waals surface area contributed by atoms with Crippen LogP contribution < -0.4 is 9.64 Å². The lowest BCUT2D eigenvalue weighted by atomic mass is 10.0. The number of methoxy groups -OCH3 is 1. The molecule has 5 nitrogen and oxygen atoms in total. The predicted molar refractivity (Wildman–Crippen MR) is 127 cm³/mol. The number of hydrogen-bond donors (Lipinski definition) is 0. The standard InChI is InChI=1S/C26H23FN2O3S/c1-17-9-10-23-22(13-17)26(25(31)28(23)16-18-5-3-7-20(27)14-18)29(11-12-33-26)24(30)19-6-4-8-21(15-19)32-2/h3-10,13-15H,11-12,16H2,1-2H3. The van der Waals surface area contributed by atoms with Gasteiger partial charge in [-0.25, -0.2) is 4.39 Å². The van der Waals surface area contributed by atoms with Gasteiger partial charge in [0.1, 0.15) is 11.6 Å². The van der Waals surface area contributed by atoms with Crippen molar-refractivity contribution in [2.24, 2.45) is 0 Å². The maximum atomic E-state index is 14.0. The van der Waals surface area contributed by atoms with E-state index >= 15 is 0 Å². The van der Waals surface area contributed by atoms with Crippen LogP contribution in [0.3, 0.4) is 0 Å². The molecule has 1 spiro atoms. The number of carbonyl (C=O) groups excluding carboxylic acids is 2. The van der Waals surface area contributed by atoms with E-state index in [0.717, 1.165) is 16.8 Å². The number of carbonyl (C=O) groups is 2. The first-order chi connectivity index (χ1) is 15.9. The summed E-state index contributed by atoms with van der Waals surface area (Å²) in [5, 5.41) is 0. The van der Waals surface area contributed by atoms with Crippen molar-refractivity contribution in [3.8, 4) is 5.75 Å². The topological polar surface area (TPSA) is 49.9 Å². The molecule has 7 heteroatoms. The van der Waals surface area contributed by atoms with E-state index in [1.807, 2.05) is 25.1 Å². The van der Waals surface area contributed by atoms with Gasteiger partial charge in [0.2, 0.25) is 0 Å². The van der Waals surface area contributed by atoms with Crippen LogP contribution >= 0.6 is 11.8 Å². The van der Waals surface area contributed by atoms with E-state index in [-0.39, 0.29) is 24.2 Å². The average Bonchev–Trinajstić information content (AvgIpc) is 3.36. The number of hydrogen-bond acceptors (Lipinski definition) is 4. The molecule has 0 saturated carbocycles. The number of rotatable bonds is 4. The zero-order chi connectivity index (χ0) is 23.2. The van der Waals surface area contributed by atoms with Crippen LogP contribution in [0.4, 0.5) is 10.1 Å². The molecular formula is C26H23FN2O3S. The number of anilines is 1. The Morgan fingerprint density at radius 1 is 1.12 bits per heavy atom. The Kier molecular flexibility index (Phi) is 5.37. The van der Waals surface area contributed by atoms with Gasteiger partial charge in [0, 0.05) is 23.4 Å². The highest BCUT2D eigenvalue weighted by Gasteiger charge is 2.59. The zero-order valence-electron chi connectivity index (χ0n) is 18.4. The third-order valence-corrected chi connectivity index (χ3v) is 7.56. The first-order valence-corrected chi connectivity index (χ1v) is 11.7. The fourth-order valence-corrected chi connectivity index (χ4v) is 6.07. The molecule has 2 aliphatic heterocycles. The highest BCUT2D eigenvalue weighted by Crippen LogP contribution is 2.55. The van der Waals surface area contributed by atoms with Gasteiger partial charge in [-0.05, 0) is 48.9 Å². The van der Waals surface area contributed by atoms with Crippen LogP contribution in [0.25, 0.3) is 0 Å². The summed E-state index contributed by atoms with van der Waals surface area (Å²) in [6.45, 7) is 2.66. The molecule has 168 valence electrons. The summed E-state index contributed by atoms with van der Waals surface area (Å²) in [5.74, 6) is 0.493. The average molecular weight is 463 g/mol. The molecule has 2 amide bonds. The number of benzene rings is 3. The Hall–Kier alpha value is -3.32. The van der Waals surface area contributed by atoms with Crippen molar-refractivity contribution in [1.82, 2.24) is 4.90 Å². The van der Waals surface area contributed by atoms with Crippen molar-refractivity contribution in [3.63, 3.8) is 0 Å². The van der Waals surface area contributed by atoms with E-state index < -0.39 is 4.87 Å². The van der Waals surface area contributed by atoms with Crippen LogP contribution in [-0.4, -0.2) is 36.1 Å². The molecule has 1 atom stereocenters. The molecule has 3 aromatic carbocycles. The third kappa shape index (κ3) is 3.47. The molecule has 33 heavy (non-hydrogen) atoms. The highest BCUT2D eigenvalue weighted by atomic mass is 32.2. The van der Waals surface area contributed by atoms with E-state index in [0.29, 0.717) is 29.2 Å². The van der Waals surface area contributed by atoms with Gasteiger partial charge in [-0.1, -0.05) is 35.9 Å². The quantitative estimate of drug-likeness (QED) is 0.563. The lowest BCUT2D eigenvalue weighted by Gasteiger charge is -2.33. The maximum Gasteiger partial charge on any atom is 0.268 e. The lowest BCUT2D eigenvalue weighted by molar-refractivity contribution is -0.123. The second kappa shape index (κ2) is 8.23. The molecule has 3 aromatic rings. The minimum atomic E-state index is -1.14. The minimum absolute atomic E-state index is 0.175. The number of aryl methyl sites for hydroxylation is 1. The smallest absolute Gasteiger partial charge is 0.268 e. The fraction of sp³-hybridized carbons (Fsp3) is 0.231. The number of ether oxygens (including phenoxy) is 1. The largest absolute Gasteiger partial charge is 0.497 e. The molecule has 2 aliphatic rings. The van der Waals surface area contributed by atoms with E-state index in [1.54, 1.807) is 53.3 Å². The molecule has 2 heterocycles. The van der Waals surface area contributed by atoms with E-state index in [1.165, 1.54) is 23.9 Å². The van der Waals surface area contributed by atoms with Crippen LogP contribution in [0.1, 0.15) is 27.0 Å². The second-order valence-electron chi connectivity index (χ2n) is 8.22. The second-order valence-corrected chi connectivity index (χ2v) is 9.51. The van der Waals surface area contributed by atoms with Crippen molar-refractivity contribution >= 4 is 29.3 Å². The molecule has 1 fully saturated rings. The van der Waals surface area contributed by atoms with Gasteiger partial charge in [0.05, 0.1) is 19.3 Å². The molecule has 0 aromatic heterocycles. The number of amides is 2. The number of thioether (sulfide) groups is 1. The Morgan fingerprint density at radius 2 is 1.94 bits per heavy atom. The van der Waals surface area contributed by atoms with E-state index in [2.05, 4.69) is 0 Å². The number of fused-ring (bicyclic) bond motifs is 2. The Bertz CT molecular complexity index is 1260. The molecule has 0 bridgehead atoms. The van der Waals surface area contributed by atoms with Gasteiger partial charge in [0.25, 0.3) is 11.8 Å². The molecule has 0 aliphatic carbocycles. The van der Waals surface area contributed by atoms with Crippen molar-refractivity contribution in [3.05, 3.63) is 94.8 Å². The Labute approximate surface area is 196 Å². The molecule has 1 saturated heterocycles. The van der Waals surface area contributed by atoms with Crippen molar-refractivity contribution in [2.45, 2.75) is 18.3 Å². The van der Waals surface area contributed by atoms with Gasteiger partial charge in [-0.15, -0.1) is 11.8 Å². The minimum Gasteiger partial charge on any atom is -0.497 e. The predicted octanol–water partition coefficient (Wildman–Crippen LogP) is 4.73. The van der Waals surface area contributed by atoms with Crippen LogP contribution in [0.15, 0.2) is 66.7 Å². The molecule has 0 N–H and O–H groups in total. The van der Waals surface area contributed by atoms with Crippen LogP contribution in [0, 0.1) is 12.7 Å². The zero-order valence-corrected chi connectivity index (χ0v) is 19.2.